The van der Waals surface area contributed by atoms with Gasteiger partial charge in [0.2, 0.25) is 0 Å². The maximum Gasteiger partial charge on any atom is 0.573 e. The molecule has 2 amide bonds. The molecule has 2 fully saturated rings. The number of hydrogen-bond donors (Lipinski definition) is 2. The molecule has 196 valence electrons. The van der Waals surface area contributed by atoms with Crippen LogP contribution >= 0.6 is 0 Å². The van der Waals surface area contributed by atoms with Gasteiger partial charge in [-0.2, -0.15) is 0 Å². The first-order valence-electron chi connectivity index (χ1n) is 11.8. The fourth-order valence-corrected chi connectivity index (χ4v) is 4.28. The highest BCUT2D eigenvalue weighted by atomic mass is 19.4. The van der Waals surface area contributed by atoms with Gasteiger partial charge in [0.15, 0.2) is 0 Å². The maximum absolute atomic E-state index is 12.5. The fraction of sp³-hybridized carbons (Fsp3) is 0.500. The standard InChI is InChI=1S/C24H29F3N4O5/c1-33-21-7-6-19(36-24(25,26)27)14-20(21)30-23(32)29-16-2-4-17(5-3-16)35-18-8-9-28-22(15-18)31-10-12-34-13-11-31/h6-9,14-17H,2-5,10-13H2,1H3,(H2,29,30,32). The number of morpholine rings is 1. The third kappa shape index (κ3) is 7.30. The maximum atomic E-state index is 12.5. The second kappa shape index (κ2) is 11.5. The highest BCUT2D eigenvalue weighted by Gasteiger charge is 2.31. The van der Waals surface area contributed by atoms with Gasteiger partial charge in [-0.25, -0.2) is 9.78 Å². The Morgan fingerprint density at radius 1 is 1.08 bits per heavy atom. The summed E-state index contributed by atoms with van der Waals surface area (Å²) in [6.45, 7) is 2.94. The SMILES string of the molecule is COc1ccc(OC(F)(F)F)cc1NC(=O)NC1CCC(Oc2ccnc(N3CCOCC3)c2)CC1. The first-order valence-corrected chi connectivity index (χ1v) is 11.8. The topological polar surface area (TPSA) is 94.2 Å². The average Bonchev–Trinajstić information content (AvgIpc) is 2.85. The molecule has 12 heteroatoms. The van der Waals surface area contributed by atoms with E-state index in [4.69, 9.17) is 14.2 Å². The lowest BCUT2D eigenvalue weighted by molar-refractivity contribution is -0.274. The van der Waals surface area contributed by atoms with Crippen LogP contribution in [0.3, 0.4) is 0 Å². The Bertz CT molecular complexity index is 1030. The van der Waals surface area contributed by atoms with Crippen LogP contribution in [0.5, 0.6) is 17.2 Å². The number of rotatable bonds is 7. The number of carbonyl (C=O) groups excluding carboxylic acids is 1. The predicted molar refractivity (Wildman–Crippen MR) is 126 cm³/mol. The van der Waals surface area contributed by atoms with Crippen molar-refractivity contribution < 1.29 is 36.9 Å². The summed E-state index contributed by atoms with van der Waals surface area (Å²) < 4.78 is 58.2. The molecule has 1 saturated carbocycles. The summed E-state index contributed by atoms with van der Waals surface area (Å²) in [5, 5.41) is 5.42. The molecule has 2 aromatic rings. The number of amides is 2. The number of anilines is 2. The number of nitrogens with one attached hydrogen (secondary N) is 2. The molecule has 2 heterocycles. The Kier molecular flexibility index (Phi) is 8.24. The summed E-state index contributed by atoms with van der Waals surface area (Å²) >= 11 is 0. The number of nitrogens with zero attached hydrogens (tertiary/aromatic N) is 2. The van der Waals surface area contributed by atoms with E-state index < -0.39 is 18.1 Å². The normalized spacial score (nSPS) is 20.4. The molecule has 36 heavy (non-hydrogen) atoms. The molecule has 1 saturated heterocycles. The quantitative estimate of drug-likeness (QED) is 0.573. The molecule has 0 unspecified atom stereocenters. The summed E-state index contributed by atoms with van der Waals surface area (Å²) in [7, 11) is 1.36. The summed E-state index contributed by atoms with van der Waals surface area (Å²) in [4.78, 5) is 19.1. The summed E-state index contributed by atoms with van der Waals surface area (Å²) in [6, 6.07) is 6.62. The zero-order chi connectivity index (χ0) is 25.5. The van der Waals surface area contributed by atoms with Crippen molar-refractivity contribution in [3.05, 3.63) is 36.5 Å². The van der Waals surface area contributed by atoms with E-state index in [2.05, 4.69) is 25.3 Å². The Balaban J connectivity index is 1.26. The van der Waals surface area contributed by atoms with Gasteiger partial charge >= 0.3 is 12.4 Å². The smallest absolute Gasteiger partial charge is 0.495 e. The van der Waals surface area contributed by atoms with Gasteiger partial charge in [0.25, 0.3) is 0 Å². The van der Waals surface area contributed by atoms with Crippen LogP contribution in [0, 0.1) is 0 Å². The first kappa shape index (κ1) is 25.7. The van der Waals surface area contributed by atoms with E-state index in [-0.39, 0.29) is 23.6 Å². The lowest BCUT2D eigenvalue weighted by Crippen LogP contribution is -2.41. The zero-order valence-electron chi connectivity index (χ0n) is 19.8. The van der Waals surface area contributed by atoms with Crippen molar-refractivity contribution in [1.82, 2.24) is 10.3 Å². The largest absolute Gasteiger partial charge is 0.573 e. The van der Waals surface area contributed by atoms with Crippen molar-refractivity contribution in [2.45, 2.75) is 44.2 Å². The number of carbonyl (C=O) groups is 1. The van der Waals surface area contributed by atoms with E-state index in [0.29, 0.717) is 26.1 Å². The Morgan fingerprint density at radius 2 is 1.83 bits per heavy atom. The average molecular weight is 511 g/mol. The van der Waals surface area contributed by atoms with E-state index in [1.807, 2.05) is 12.1 Å². The van der Waals surface area contributed by atoms with Crippen molar-refractivity contribution in [1.29, 1.82) is 0 Å². The minimum absolute atomic E-state index is 0.0161. The van der Waals surface area contributed by atoms with Crippen LogP contribution in [-0.2, 0) is 4.74 Å². The molecule has 1 aliphatic carbocycles. The third-order valence-corrected chi connectivity index (χ3v) is 6.02. The molecule has 9 nitrogen and oxygen atoms in total. The van der Waals surface area contributed by atoms with E-state index in [0.717, 1.165) is 49.6 Å². The van der Waals surface area contributed by atoms with E-state index >= 15 is 0 Å². The molecule has 1 aromatic carbocycles. The molecule has 2 N–H and O–H groups in total. The molecule has 0 spiro atoms. The van der Waals surface area contributed by atoms with Gasteiger partial charge in [-0.15, -0.1) is 13.2 Å². The summed E-state index contributed by atoms with van der Waals surface area (Å²) in [6.07, 6.45) is -0.184. The molecule has 0 atom stereocenters. The van der Waals surface area contributed by atoms with E-state index in [1.54, 1.807) is 6.20 Å². The second-order valence-electron chi connectivity index (χ2n) is 8.55. The molecular formula is C24H29F3N4O5. The van der Waals surface area contributed by atoms with Gasteiger partial charge in [0.1, 0.15) is 23.1 Å². The van der Waals surface area contributed by atoms with Crippen LogP contribution in [0.2, 0.25) is 0 Å². The van der Waals surface area contributed by atoms with Crippen LogP contribution in [0.1, 0.15) is 25.7 Å². The van der Waals surface area contributed by atoms with Crippen LogP contribution in [-0.4, -0.2) is 62.9 Å². The Morgan fingerprint density at radius 3 is 2.53 bits per heavy atom. The van der Waals surface area contributed by atoms with Crippen molar-refractivity contribution in [3.63, 3.8) is 0 Å². The summed E-state index contributed by atoms with van der Waals surface area (Å²) in [5.41, 5.74) is 0.0718. The number of ether oxygens (including phenoxy) is 4. The van der Waals surface area contributed by atoms with Crippen molar-refractivity contribution in [3.8, 4) is 17.2 Å². The zero-order valence-corrected chi connectivity index (χ0v) is 19.8. The van der Waals surface area contributed by atoms with Crippen molar-refractivity contribution in [2.75, 3.05) is 43.6 Å². The minimum Gasteiger partial charge on any atom is -0.495 e. The van der Waals surface area contributed by atoms with E-state index in [9.17, 15) is 18.0 Å². The number of methoxy groups -OCH3 is 1. The number of halogens is 3. The number of alkyl halides is 3. The molecule has 1 aromatic heterocycles. The number of benzene rings is 1. The van der Waals surface area contributed by atoms with Crippen LogP contribution in [0.15, 0.2) is 36.5 Å². The van der Waals surface area contributed by atoms with Gasteiger partial charge in [-0.05, 0) is 43.9 Å². The molecule has 0 radical (unpaired) electrons. The monoisotopic (exact) mass is 510 g/mol. The third-order valence-electron chi connectivity index (χ3n) is 6.02. The van der Waals surface area contributed by atoms with Crippen molar-refractivity contribution >= 4 is 17.5 Å². The summed E-state index contributed by atoms with van der Waals surface area (Å²) in [5.74, 6) is 1.38. The molecule has 4 rings (SSSR count). The second-order valence-corrected chi connectivity index (χ2v) is 8.55. The molecule has 1 aliphatic heterocycles. The van der Waals surface area contributed by atoms with Crippen LogP contribution in [0.4, 0.5) is 29.5 Å². The number of aromatic nitrogens is 1. The van der Waals surface area contributed by atoms with Gasteiger partial charge in [-0.1, -0.05) is 0 Å². The van der Waals surface area contributed by atoms with Crippen LogP contribution < -0.4 is 29.7 Å². The lowest BCUT2D eigenvalue weighted by atomic mass is 9.93. The molecular weight excluding hydrogens is 481 g/mol. The number of hydrogen-bond acceptors (Lipinski definition) is 7. The predicted octanol–water partition coefficient (Wildman–Crippen LogP) is 4.34. The number of urea groups is 1. The fourth-order valence-electron chi connectivity index (χ4n) is 4.28. The van der Waals surface area contributed by atoms with Gasteiger partial charge in [-0.3, -0.25) is 0 Å². The number of pyridine rings is 1. The Hall–Kier alpha value is -3.41. The van der Waals surface area contributed by atoms with E-state index in [1.165, 1.54) is 13.2 Å². The first-order chi connectivity index (χ1) is 17.3. The Labute approximate surface area is 206 Å². The van der Waals surface area contributed by atoms with Gasteiger partial charge in [0, 0.05) is 37.5 Å². The molecule has 2 aliphatic rings. The lowest BCUT2D eigenvalue weighted by Gasteiger charge is -2.30. The van der Waals surface area contributed by atoms with Crippen LogP contribution in [0.25, 0.3) is 0 Å². The molecule has 0 bridgehead atoms. The minimum atomic E-state index is -4.84. The van der Waals surface area contributed by atoms with Gasteiger partial charge in [0.05, 0.1) is 32.1 Å². The highest BCUT2D eigenvalue weighted by molar-refractivity contribution is 5.91. The van der Waals surface area contributed by atoms with Gasteiger partial charge < -0.3 is 34.5 Å². The highest BCUT2D eigenvalue weighted by Crippen LogP contribution is 2.32. The van der Waals surface area contributed by atoms with Crippen molar-refractivity contribution in [2.24, 2.45) is 0 Å².